The summed E-state index contributed by atoms with van der Waals surface area (Å²) < 4.78 is 32.4. The molecule has 3 rings (SSSR count). The molecule has 0 bridgehead atoms. The zero-order chi connectivity index (χ0) is 17.1. The minimum absolute atomic E-state index is 0.172. The number of hydrogen-bond acceptors (Lipinski definition) is 3. The van der Waals surface area contributed by atoms with Crippen molar-refractivity contribution in [3.05, 3.63) is 59.7 Å². The number of halogens is 2. The van der Waals surface area contributed by atoms with Gasteiger partial charge in [0.05, 0.1) is 18.8 Å². The molecule has 1 N–H and O–H groups in total. The first-order valence-electron chi connectivity index (χ1n) is 7.72. The van der Waals surface area contributed by atoms with Crippen molar-refractivity contribution in [3.63, 3.8) is 0 Å². The highest BCUT2D eigenvalue weighted by atomic mass is 19.1. The second kappa shape index (κ2) is 6.97. The molecule has 1 saturated heterocycles. The molecule has 1 unspecified atom stereocenters. The SMILES string of the molecule is COc1ccc(CNC2CCN(c3ccccc3F)C2=O)cc1F. The van der Waals surface area contributed by atoms with Crippen LogP contribution in [0.25, 0.3) is 0 Å². The molecule has 0 saturated carbocycles. The standard InChI is InChI=1S/C18H18F2N2O2/c1-24-17-7-6-12(10-14(17)20)11-21-15-8-9-22(18(15)23)16-5-3-2-4-13(16)19/h2-7,10,15,21H,8-9,11H2,1H3. The molecule has 1 heterocycles. The molecule has 2 aromatic carbocycles. The molecule has 1 amide bonds. The predicted molar refractivity (Wildman–Crippen MR) is 86.9 cm³/mol. The van der Waals surface area contributed by atoms with Crippen LogP contribution >= 0.6 is 0 Å². The molecule has 0 spiro atoms. The number of para-hydroxylation sites is 1. The first kappa shape index (κ1) is 16.4. The molecule has 24 heavy (non-hydrogen) atoms. The average molecular weight is 332 g/mol. The van der Waals surface area contributed by atoms with Gasteiger partial charge in [-0.2, -0.15) is 0 Å². The zero-order valence-corrected chi connectivity index (χ0v) is 13.3. The maximum absolute atomic E-state index is 13.8. The Balaban J connectivity index is 1.64. The largest absolute Gasteiger partial charge is 0.494 e. The van der Waals surface area contributed by atoms with Gasteiger partial charge in [0.1, 0.15) is 5.82 Å². The van der Waals surface area contributed by atoms with Crippen molar-refractivity contribution in [1.82, 2.24) is 5.32 Å². The number of rotatable bonds is 5. The lowest BCUT2D eigenvalue weighted by atomic mass is 10.2. The lowest BCUT2D eigenvalue weighted by Gasteiger charge is -2.18. The maximum Gasteiger partial charge on any atom is 0.244 e. The minimum atomic E-state index is -0.442. The van der Waals surface area contributed by atoms with Crippen LogP contribution < -0.4 is 15.0 Å². The number of benzene rings is 2. The number of nitrogens with zero attached hydrogens (tertiary/aromatic N) is 1. The van der Waals surface area contributed by atoms with Crippen LogP contribution in [0.5, 0.6) is 5.75 Å². The van der Waals surface area contributed by atoms with Crippen LogP contribution in [0, 0.1) is 11.6 Å². The smallest absolute Gasteiger partial charge is 0.244 e. The van der Waals surface area contributed by atoms with Crippen LogP contribution in [0.3, 0.4) is 0 Å². The number of ether oxygens (including phenoxy) is 1. The Kier molecular flexibility index (Phi) is 4.76. The first-order valence-corrected chi connectivity index (χ1v) is 7.72. The van der Waals surface area contributed by atoms with Gasteiger partial charge >= 0.3 is 0 Å². The summed E-state index contributed by atoms with van der Waals surface area (Å²) in [5.41, 5.74) is 1.01. The molecule has 0 aliphatic carbocycles. The number of carbonyl (C=O) groups is 1. The van der Waals surface area contributed by atoms with E-state index in [9.17, 15) is 13.6 Å². The summed E-state index contributed by atoms with van der Waals surface area (Å²) in [6, 6.07) is 10.5. The maximum atomic E-state index is 13.8. The third kappa shape index (κ3) is 3.23. The van der Waals surface area contributed by atoms with Crippen molar-refractivity contribution >= 4 is 11.6 Å². The number of anilines is 1. The quantitative estimate of drug-likeness (QED) is 0.915. The van der Waals surface area contributed by atoms with Gasteiger partial charge in [0.25, 0.3) is 0 Å². The molecule has 126 valence electrons. The minimum Gasteiger partial charge on any atom is -0.494 e. The van der Waals surface area contributed by atoms with E-state index in [0.29, 0.717) is 30.8 Å². The van der Waals surface area contributed by atoms with E-state index in [1.54, 1.807) is 30.3 Å². The molecule has 2 aromatic rings. The van der Waals surface area contributed by atoms with Gasteiger partial charge < -0.3 is 15.0 Å². The number of nitrogens with one attached hydrogen (secondary N) is 1. The molecular formula is C18H18F2N2O2. The fourth-order valence-electron chi connectivity index (χ4n) is 2.84. The van der Waals surface area contributed by atoms with Crippen LogP contribution in [-0.4, -0.2) is 25.6 Å². The number of hydrogen-bond donors (Lipinski definition) is 1. The summed E-state index contributed by atoms with van der Waals surface area (Å²) in [7, 11) is 1.41. The van der Waals surface area contributed by atoms with Gasteiger partial charge in [-0.15, -0.1) is 0 Å². The van der Waals surface area contributed by atoms with E-state index in [0.717, 1.165) is 0 Å². The van der Waals surface area contributed by atoms with E-state index in [-0.39, 0.29) is 11.7 Å². The Morgan fingerprint density at radius 2 is 2.00 bits per heavy atom. The topological polar surface area (TPSA) is 41.6 Å². The van der Waals surface area contributed by atoms with Crippen molar-refractivity contribution < 1.29 is 18.3 Å². The third-order valence-electron chi connectivity index (χ3n) is 4.12. The van der Waals surface area contributed by atoms with Gasteiger partial charge in [-0.25, -0.2) is 8.78 Å². The van der Waals surface area contributed by atoms with Crippen LogP contribution in [0.2, 0.25) is 0 Å². The van der Waals surface area contributed by atoms with E-state index < -0.39 is 17.7 Å². The summed E-state index contributed by atoms with van der Waals surface area (Å²) in [5, 5.41) is 3.11. The molecule has 6 heteroatoms. The number of amides is 1. The Morgan fingerprint density at radius 1 is 1.21 bits per heavy atom. The Hall–Kier alpha value is -2.47. The van der Waals surface area contributed by atoms with Crippen LogP contribution in [0.4, 0.5) is 14.5 Å². The second-order valence-electron chi connectivity index (χ2n) is 5.63. The van der Waals surface area contributed by atoms with Gasteiger partial charge in [0.15, 0.2) is 11.6 Å². The fraction of sp³-hybridized carbons (Fsp3) is 0.278. The zero-order valence-electron chi connectivity index (χ0n) is 13.3. The van der Waals surface area contributed by atoms with Gasteiger partial charge in [0, 0.05) is 13.1 Å². The molecule has 4 nitrogen and oxygen atoms in total. The predicted octanol–water partition coefficient (Wildman–Crippen LogP) is 2.87. The van der Waals surface area contributed by atoms with E-state index in [1.807, 2.05) is 0 Å². The van der Waals surface area contributed by atoms with Gasteiger partial charge in [0.2, 0.25) is 5.91 Å². The highest BCUT2D eigenvalue weighted by Gasteiger charge is 2.33. The summed E-state index contributed by atoms with van der Waals surface area (Å²) in [4.78, 5) is 13.9. The molecule has 0 aromatic heterocycles. The Labute approximate surface area is 139 Å². The van der Waals surface area contributed by atoms with E-state index >= 15 is 0 Å². The summed E-state index contributed by atoms with van der Waals surface area (Å²) in [6.45, 7) is 0.802. The van der Waals surface area contributed by atoms with Gasteiger partial charge in [-0.1, -0.05) is 18.2 Å². The first-order chi connectivity index (χ1) is 11.6. The van der Waals surface area contributed by atoms with Gasteiger partial charge in [-0.3, -0.25) is 4.79 Å². The lowest BCUT2D eigenvalue weighted by Crippen LogP contribution is -2.38. The molecule has 0 radical (unpaired) electrons. The van der Waals surface area contributed by atoms with Crippen molar-refractivity contribution in [3.8, 4) is 5.75 Å². The van der Waals surface area contributed by atoms with Crippen LogP contribution in [0.15, 0.2) is 42.5 Å². The van der Waals surface area contributed by atoms with Crippen molar-refractivity contribution in [2.24, 2.45) is 0 Å². The monoisotopic (exact) mass is 332 g/mol. The fourth-order valence-corrected chi connectivity index (χ4v) is 2.84. The van der Waals surface area contributed by atoms with Crippen LogP contribution in [0.1, 0.15) is 12.0 Å². The van der Waals surface area contributed by atoms with Crippen LogP contribution in [-0.2, 0) is 11.3 Å². The summed E-state index contributed by atoms with van der Waals surface area (Å²) in [5.74, 6) is -0.846. The van der Waals surface area contributed by atoms with E-state index in [1.165, 1.54) is 24.1 Å². The van der Waals surface area contributed by atoms with Gasteiger partial charge in [-0.05, 0) is 36.2 Å². The van der Waals surface area contributed by atoms with E-state index in [4.69, 9.17) is 4.74 Å². The molecule has 1 aliphatic rings. The molecule has 1 atom stereocenters. The Bertz CT molecular complexity index is 752. The molecular weight excluding hydrogens is 314 g/mol. The summed E-state index contributed by atoms with van der Waals surface area (Å²) >= 11 is 0. The number of methoxy groups -OCH3 is 1. The molecule has 1 aliphatic heterocycles. The number of carbonyl (C=O) groups excluding carboxylic acids is 1. The highest BCUT2D eigenvalue weighted by Crippen LogP contribution is 2.24. The highest BCUT2D eigenvalue weighted by molar-refractivity contribution is 5.99. The lowest BCUT2D eigenvalue weighted by molar-refractivity contribution is -0.118. The van der Waals surface area contributed by atoms with Crippen molar-refractivity contribution in [2.75, 3.05) is 18.6 Å². The van der Waals surface area contributed by atoms with E-state index in [2.05, 4.69) is 5.32 Å². The average Bonchev–Trinajstić information content (AvgIpc) is 2.94. The van der Waals surface area contributed by atoms with Crippen molar-refractivity contribution in [2.45, 2.75) is 19.0 Å². The summed E-state index contributed by atoms with van der Waals surface area (Å²) in [6.07, 6.45) is 0.575. The molecule has 1 fully saturated rings. The third-order valence-corrected chi connectivity index (χ3v) is 4.12. The normalized spacial score (nSPS) is 17.4. The van der Waals surface area contributed by atoms with Crippen molar-refractivity contribution in [1.29, 1.82) is 0 Å². The second-order valence-corrected chi connectivity index (χ2v) is 5.63. The Morgan fingerprint density at radius 3 is 2.71 bits per heavy atom.